The molecular weight excluding hydrogens is 312 g/mol. The average molecular weight is 333 g/mol. The highest BCUT2D eigenvalue weighted by molar-refractivity contribution is 6.31. The lowest BCUT2D eigenvalue weighted by atomic mass is 10.2. The van der Waals surface area contributed by atoms with Crippen LogP contribution in [-0.2, 0) is 0 Å². The number of nitrogens with one attached hydrogen (secondary N) is 2. The van der Waals surface area contributed by atoms with Crippen LogP contribution in [0.25, 0.3) is 0 Å². The van der Waals surface area contributed by atoms with Crippen LogP contribution in [0.2, 0.25) is 5.02 Å². The van der Waals surface area contributed by atoms with Crippen LogP contribution in [0.3, 0.4) is 0 Å². The van der Waals surface area contributed by atoms with Gasteiger partial charge in [0.2, 0.25) is 0 Å². The summed E-state index contributed by atoms with van der Waals surface area (Å²) in [6.07, 6.45) is 3.25. The van der Waals surface area contributed by atoms with Crippen molar-refractivity contribution < 1.29 is 4.79 Å². The van der Waals surface area contributed by atoms with E-state index in [0.717, 1.165) is 24.3 Å². The van der Waals surface area contributed by atoms with Crippen molar-refractivity contribution >= 4 is 28.9 Å². The Balaban J connectivity index is 2.06. The number of aromatic nitrogens is 1. The van der Waals surface area contributed by atoms with Gasteiger partial charge < -0.3 is 15.5 Å². The Morgan fingerprint density at radius 1 is 1.30 bits per heavy atom. The standard InChI is InChI=1S/C17H21ClN4O/c1-12-15(18)5-4-6-16(12)21-17(23)13-9-14(11-19-10-13)20-7-8-22(2)3/h4-6,9-11,20H,7-8H2,1-3H3,(H,21,23). The van der Waals surface area contributed by atoms with E-state index in [1.165, 1.54) is 0 Å². The van der Waals surface area contributed by atoms with Gasteiger partial charge in [0.05, 0.1) is 11.3 Å². The number of hydrogen-bond donors (Lipinski definition) is 2. The van der Waals surface area contributed by atoms with Crippen LogP contribution in [0, 0.1) is 6.92 Å². The molecule has 0 spiro atoms. The molecule has 1 aromatic carbocycles. The molecule has 122 valence electrons. The summed E-state index contributed by atoms with van der Waals surface area (Å²) in [6.45, 7) is 3.56. The lowest BCUT2D eigenvalue weighted by Crippen LogP contribution is -2.21. The van der Waals surface area contributed by atoms with Gasteiger partial charge in [-0.1, -0.05) is 17.7 Å². The molecule has 0 fully saturated rings. The molecule has 0 bridgehead atoms. The molecule has 0 radical (unpaired) electrons. The van der Waals surface area contributed by atoms with E-state index in [1.807, 2.05) is 33.2 Å². The van der Waals surface area contributed by atoms with Crippen LogP contribution in [-0.4, -0.2) is 43.0 Å². The van der Waals surface area contributed by atoms with Gasteiger partial charge in [-0.25, -0.2) is 0 Å². The first-order valence-electron chi connectivity index (χ1n) is 7.37. The first kappa shape index (κ1) is 17.2. The maximum Gasteiger partial charge on any atom is 0.257 e. The van der Waals surface area contributed by atoms with E-state index >= 15 is 0 Å². The van der Waals surface area contributed by atoms with Crippen LogP contribution in [0.4, 0.5) is 11.4 Å². The Morgan fingerprint density at radius 2 is 2.09 bits per heavy atom. The fourth-order valence-electron chi connectivity index (χ4n) is 2.02. The number of hydrogen-bond acceptors (Lipinski definition) is 4. The van der Waals surface area contributed by atoms with Crippen molar-refractivity contribution in [3.63, 3.8) is 0 Å². The molecule has 0 unspecified atom stereocenters. The number of pyridine rings is 1. The average Bonchev–Trinajstić information content (AvgIpc) is 2.52. The van der Waals surface area contributed by atoms with E-state index in [0.29, 0.717) is 16.3 Å². The number of halogens is 1. The Morgan fingerprint density at radius 3 is 2.83 bits per heavy atom. The van der Waals surface area contributed by atoms with E-state index in [1.54, 1.807) is 24.5 Å². The van der Waals surface area contributed by atoms with Crippen molar-refractivity contribution in [2.45, 2.75) is 6.92 Å². The summed E-state index contributed by atoms with van der Waals surface area (Å²) in [6, 6.07) is 7.22. The van der Waals surface area contributed by atoms with E-state index in [2.05, 4.69) is 20.5 Å². The smallest absolute Gasteiger partial charge is 0.257 e. The zero-order valence-corrected chi connectivity index (χ0v) is 14.3. The fraction of sp³-hybridized carbons (Fsp3) is 0.294. The van der Waals surface area contributed by atoms with Gasteiger partial charge in [0.25, 0.3) is 5.91 Å². The van der Waals surface area contributed by atoms with E-state index in [-0.39, 0.29) is 5.91 Å². The van der Waals surface area contributed by atoms with Crippen molar-refractivity contribution in [3.8, 4) is 0 Å². The summed E-state index contributed by atoms with van der Waals surface area (Å²) in [4.78, 5) is 18.6. The second-order valence-electron chi connectivity index (χ2n) is 5.56. The molecule has 6 heteroatoms. The number of carbonyl (C=O) groups is 1. The SMILES string of the molecule is Cc1c(Cl)cccc1NC(=O)c1cncc(NCCN(C)C)c1. The zero-order valence-electron chi connectivity index (χ0n) is 13.6. The normalized spacial score (nSPS) is 10.7. The van der Waals surface area contributed by atoms with Gasteiger partial charge in [-0.15, -0.1) is 0 Å². The molecule has 2 N–H and O–H groups in total. The lowest BCUT2D eigenvalue weighted by molar-refractivity contribution is 0.102. The third-order valence-corrected chi connectivity index (χ3v) is 3.81. The Bertz CT molecular complexity index is 688. The predicted octanol–water partition coefficient (Wildman–Crippen LogP) is 3.27. The van der Waals surface area contributed by atoms with Crippen LogP contribution < -0.4 is 10.6 Å². The van der Waals surface area contributed by atoms with Crippen LogP contribution in [0.15, 0.2) is 36.7 Å². The van der Waals surface area contributed by atoms with E-state index in [4.69, 9.17) is 11.6 Å². The summed E-state index contributed by atoms with van der Waals surface area (Å²) in [5.74, 6) is -0.209. The molecule has 1 aromatic heterocycles. The molecule has 0 aliphatic heterocycles. The minimum atomic E-state index is -0.209. The van der Waals surface area contributed by atoms with Crippen molar-refractivity contribution in [1.82, 2.24) is 9.88 Å². The molecular formula is C17H21ClN4O. The first-order valence-corrected chi connectivity index (χ1v) is 7.75. The van der Waals surface area contributed by atoms with Crippen LogP contribution >= 0.6 is 11.6 Å². The number of rotatable bonds is 6. The van der Waals surface area contributed by atoms with Gasteiger partial charge in [-0.3, -0.25) is 9.78 Å². The number of nitrogens with zero attached hydrogens (tertiary/aromatic N) is 2. The van der Waals surface area contributed by atoms with Gasteiger partial charge in [0.15, 0.2) is 0 Å². The van der Waals surface area contributed by atoms with Gasteiger partial charge in [-0.2, -0.15) is 0 Å². The minimum absolute atomic E-state index is 0.209. The Labute approximate surface area is 141 Å². The number of benzene rings is 1. The molecule has 0 aliphatic carbocycles. The molecule has 2 rings (SSSR count). The minimum Gasteiger partial charge on any atom is -0.382 e. The van der Waals surface area contributed by atoms with Crippen molar-refractivity contribution in [1.29, 1.82) is 0 Å². The summed E-state index contributed by atoms with van der Waals surface area (Å²) in [5, 5.41) is 6.74. The highest BCUT2D eigenvalue weighted by Crippen LogP contribution is 2.23. The summed E-state index contributed by atoms with van der Waals surface area (Å²) >= 11 is 6.07. The molecule has 0 saturated carbocycles. The maximum absolute atomic E-state index is 12.4. The first-order chi connectivity index (χ1) is 11.0. The number of anilines is 2. The van der Waals surface area contributed by atoms with Gasteiger partial charge in [0, 0.05) is 36.2 Å². The third kappa shape index (κ3) is 4.94. The monoisotopic (exact) mass is 332 g/mol. The van der Waals surface area contributed by atoms with Crippen LogP contribution in [0.1, 0.15) is 15.9 Å². The van der Waals surface area contributed by atoms with Crippen molar-refractivity contribution in [2.24, 2.45) is 0 Å². The zero-order chi connectivity index (χ0) is 16.8. The number of carbonyl (C=O) groups excluding carboxylic acids is 1. The second-order valence-corrected chi connectivity index (χ2v) is 5.97. The summed E-state index contributed by atoms with van der Waals surface area (Å²) < 4.78 is 0. The highest BCUT2D eigenvalue weighted by Gasteiger charge is 2.10. The molecule has 0 aliphatic rings. The Kier molecular flexibility index (Phi) is 5.96. The van der Waals surface area contributed by atoms with Crippen molar-refractivity contribution in [2.75, 3.05) is 37.8 Å². The maximum atomic E-state index is 12.4. The topological polar surface area (TPSA) is 57.3 Å². The van der Waals surface area contributed by atoms with Crippen LogP contribution in [0.5, 0.6) is 0 Å². The summed E-state index contributed by atoms with van der Waals surface area (Å²) in [5.41, 5.74) is 2.87. The van der Waals surface area contributed by atoms with Gasteiger partial charge in [0.1, 0.15) is 0 Å². The largest absolute Gasteiger partial charge is 0.382 e. The van der Waals surface area contributed by atoms with Gasteiger partial charge in [-0.05, 0) is 44.8 Å². The van der Waals surface area contributed by atoms with E-state index in [9.17, 15) is 4.79 Å². The third-order valence-electron chi connectivity index (χ3n) is 3.40. The molecule has 2 aromatic rings. The quantitative estimate of drug-likeness (QED) is 0.852. The number of amides is 1. The Hall–Kier alpha value is -2.11. The fourth-order valence-corrected chi connectivity index (χ4v) is 2.20. The predicted molar refractivity (Wildman–Crippen MR) is 95.4 cm³/mol. The molecule has 5 nitrogen and oxygen atoms in total. The second kappa shape index (κ2) is 7.94. The molecule has 1 amide bonds. The molecule has 23 heavy (non-hydrogen) atoms. The van der Waals surface area contributed by atoms with Gasteiger partial charge >= 0.3 is 0 Å². The lowest BCUT2D eigenvalue weighted by Gasteiger charge is -2.12. The number of likely N-dealkylation sites (N-methyl/N-ethyl adjacent to an activating group) is 1. The van der Waals surface area contributed by atoms with E-state index < -0.39 is 0 Å². The molecule has 0 saturated heterocycles. The highest BCUT2D eigenvalue weighted by atomic mass is 35.5. The summed E-state index contributed by atoms with van der Waals surface area (Å²) in [7, 11) is 4.02. The molecule has 1 heterocycles. The van der Waals surface area contributed by atoms with Crippen molar-refractivity contribution in [3.05, 3.63) is 52.8 Å². The molecule has 0 atom stereocenters.